The summed E-state index contributed by atoms with van der Waals surface area (Å²) in [6, 6.07) is 0. The maximum atomic E-state index is 4.25. The first-order valence-electron chi connectivity index (χ1n) is 0.816. The van der Waals surface area contributed by atoms with E-state index in [1.165, 1.54) is 0 Å². The maximum Gasteiger partial charge on any atom is 0.0351 e. The van der Waals surface area contributed by atoms with Gasteiger partial charge in [0.2, 0.25) is 0 Å². The summed E-state index contributed by atoms with van der Waals surface area (Å²) in [5.41, 5.74) is 0. The fourth-order valence-electron chi connectivity index (χ4n) is 0. The van der Waals surface area contributed by atoms with Gasteiger partial charge in [-0.25, -0.2) is 0 Å². The Morgan fingerprint density at radius 2 is 1.25 bits per heavy atom. The standard InChI is InChI=1S/C2H6O.Pd/c1-3-2;/h1-2H3;. The Kier molecular flexibility index (Phi) is 20.9. The number of hydrogen-bond acceptors (Lipinski definition) is 1. The molecule has 0 saturated heterocycles. The normalized spacial score (nSPS) is 4.50. The third-order valence-electron chi connectivity index (χ3n) is 0. The first-order chi connectivity index (χ1) is 1.41. The molecule has 0 amide bonds. The van der Waals surface area contributed by atoms with Gasteiger partial charge < -0.3 is 4.74 Å². The summed E-state index contributed by atoms with van der Waals surface area (Å²) in [6.45, 7) is 0. The molecule has 1 nitrogen and oxygen atoms in total. The molecule has 0 unspecified atom stereocenters. The smallest absolute Gasteiger partial charge is 0.0351 e. The minimum Gasteiger partial charge on any atom is -0.388 e. The summed E-state index contributed by atoms with van der Waals surface area (Å²) >= 11 is 0. The SMILES string of the molecule is COC.[Pd]. The monoisotopic (exact) mass is 152 g/mol. The van der Waals surface area contributed by atoms with E-state index >= 15 is 0 Å². The largest absolute Gasteiger partial charge is 0.388 e. The van der Waals surface area contributed by atoms with Gasteiger partial charge in [-0.05, 0) is 0 Å². The topological polar surface area (TPSA) is 9.23 Å². The quantitative estimate of drug-likeness (QED) is 0.453. The molecular weight excluding hydrogens is 146 g/mol. The average molecular weight is 152 g/mol. The van der Waals surface area contributed by atoms with E-state index in [-0.39, 0.29) is 20.4 Å². The summed E-state index contributed by atoms with van der Waals surface area (Å²) in [6.07, 6.45) is 0. The minimum atomic E-state index is 0. The molecule has 0 heterocycles. The van der Waals surface area contributed by atoms with E-state index in [0.717, 1.165) is 0 Å². The van der Waals surface area contributed by atoms with Gasteiger partial charge in [0, 0.05) is 34.6 Å². The van der Waals surface area contributed by atoms with Crippen LogP contribution in [0.5, 0.6) is 0 Å². The fraction of sp³-hybridized carbons (Fsp3) is 1.00. The minimum absolute atomic E-state index is 0. The predicted molar refractivity (Wildman–Crippen MR) is 12.9 cm³/mol. The van der Waals surface area contributed by atoms with E-state index in [1.54, 1.807) is 14.2 Å². The van der Waals surface area contributed by atoms with Crippen molar-refractivity contribution >= 4 is 0 Å². The van der Waals surface area contributed by atoms with Gasteiger partial charge in [0.25, 0.3) is 0 Å². The van der Waals surface area contributed by atoms with Gasteiger partial charge in [-0.1, -0.05) is 0 Å². The first kappa shape index (κ1) is 8.82. The van der Waals surface area contributed by atoms with Crippen LogP contribution < -0.4 is 0 Å². The molecule has 0 N–H and O–H groups in total. The molecule has 0 radical (unpaired) electrons. The van der Waals surface area contributed by atoms with Crippen LogP contribution >= 0.6 is 0 Å². The fourth-order valence-corrected chi connectivity index (χ4v) is 0. The predicted octanol–water partition coefficient (Wildman–Crippen LogP) is 0.260. The van der Waals surface area contributed by atoms with Crippen LogP contribution in [0.25, 0.3) is 0 Å². The molecule has 2 heteroatoms. The van der Waals surface area contributed by atoms with Gasteiger partial charge in [0.05, 0.1) is 0 Å². The van der Waals surface area contributed by atoms with Gasteiger partial charge in [-0.2, -0.15) is 0 Å². The van der Waals surface area contributed by atoms with Crippen molar-refractivity contribution in [3.63, 3.8) is 0 Å². The molecule has 0 aliphatic heterocycles. The average Bonchev–Trinajstić information content (AvgIpc) is 0.918. The van der Waals surface area contributed by atoms with Gasteiger partial charge in [0.15, 0.2) is 0 Å². The molecule has 0 aromatic heterocycles. The summed E-state index contributed by atoms with van der Waals surface area (Å²) in [7, 11) is 3.25. The van der Waals surface area contributed by atoms with E-state index in [1.807, 2.05) is 0 Å². The number of methoxy groups -OCH3 is 1. The Labute approximate surface area is 40.0 Å². The van der Waals surface area contributed by atoms with Crippen LogP contribution in [0.3, 0.4) is 0 Å². The molecule has 0 atom stereocenters. The zero-order chi connectivity index (χ0) is 2.71. The molecule has 0 aliphatic carbocycles. The Bertz CT molecular complexity index is 6.00. The van der Waals surface area contributed by atoms with Crippen LogP contribution in [0.4, 0.5) is 0 Å². The van der Waals surface area contributed by atoms with Crippen molar-refractivity contribution in [1.29, 1.82) is 0 Å². The van der Waals surface area contributed by atoms with Crippen LogP contribution in [0.15, 0.2) is 0 Å². The van der Waals surface area contributed by atoms with E-state index < -0.39 is 0 Å². The zero-order valence-corrected chi connectivity index (χ0v) is 4.28. The van der Waals surface area contributed by atoms with Crippen molar-refractivity contribution in [3.05, 3.63) is 0 Å². The Hall–Kier alpha value is 0.622. The summed E-state index contributed by atoms with van der Waals surface area (Å²) in [5.74, 6) is 0. The van der Waals surface area contributed by atoms with E-state index in [9.17, 15) is 0 Å². The summed E-state index contributed by atoms with van der Waals surface area (Å²) in [4.78, 5) is 0. The van der Waals surface area contributed by atoms with Crippen LogP contribution in [-0.2, 0) is 25.2 Å². The molecule has 0 fully saturated rings. The summed E-state index contributed by atoms with van der Waals surface area (Å²) < 4.78 is 4.25. The van der Waals surface area contributed by atoms with Crippen LogP contribution in [-0.4, -0.2) is 14.2 Å². The third kappa shape index (κ3) is 17.8. The van der Waals surface area contributed by atoms with Crippen molar-refractivity contribution in [2.75, 3.05) is 14.2 Å². The molecule has 30 valence electrons. The van der Waals surface area contributed by atoms with Crippen molar-refractivity contribution in [3.8, 4) is 0 Å². The molecule has 0 aromatic rings. The molecule has 0 aliphatic rings. The summed E-state index contributed by atoms with van der Waals surface area (Å²) in [5, 5.41) is 0. The second kappa shape index (κ2) is 9.46. The Morgan fingerprint density at radius 3 is 1.25 bits per heavy atom. The molecule has 0 rings (SSSR count). The molecule has 0 spiro atoms. The van der Waals surface area contributed by atoms with Crippen molar-refractivity contribution in [2.45, 2.75) is 0 Å². The van der Waals surface area contributed by atoms with Crippen molar-refractivity contribution < 1.29 is 25.2 Å². The number of hydrogen-bond donors (Lipinski definition) is 0. The Morgan fingerprint density at radius 1 is 1.25 bits per heavy atom. The van der Waals surface area contributed by atoms with Gasteiger partial charge >= 0.3 is 0 Å². The molecule has 0 bridgehead atoms. The third-order valence-corrected chi connectivity index (χ3v) is 0. The number of rotatable bonds is 0. The van der Waals surface area contributed by atoms with Crippen LogP contribution in [0.2, 0.25) is 0 Å². The van der Waals surface area contributed by atoms with Crippen molar-refractivity contribution in [1.82, 2.24) is 0 Å². The zero-order valence-electron chi connectivity index (χ0n) is 2.72. The van der Waals surface area contributed by atoms with Gasteiger partial charge in [-0.3, -0.25) is 0 Å². The second-order valence-electron chi connectivity index (χ2n) is 0.408. The Balaban J connectivity index is 0. The molecular formula is C2H6OPd. The molecule has 0 aromatic carbocycles. The number of ether oxygens (including phenoxy) is 1. The molecule has 4 heavy (non-hydrogen) atoms. The first-order valence-corrected chi connectivity index (χ1v) is 0.816. The van der Waals surface area contributed by atoms with Crippen LogP contribution in [0, 0.1) is 0 Å². The second-order valence-corrected chi connectivity index (χ2v) is 0.408. The van der Waals surface area contributed by atoms with Gasteiger partial charge in [0.1, 0.15) is 0 Å². The molecule has 0 saturated carbocycles. The van der Waals surface area contributed by atoms with E-state index in [2.05, 4.69) is 4.74 Å². The van der Waals surface area contributed by atoms with Gasteiger partial charge in [-0.15, -0.1) is 0 Å². The van der Waals surface area contributed by atoms with E-state index in [4.69, 9.17) is 0 Å². The van der Waals surface area contributed by atoms with Crippen LogP contribution in [0.1, 0.15) is 0 Å². The van der Waals surface area contributed by atoms with E-state index in [0.29, 0.717) is 0 Å². The maximum absolute atomic E-state index is 4.25. The van der Waals surface area contributed by atoms with Crippen molar-refractivity contribution in [2.24, 2.45) is 0 Å².